The van der Waals surface area contributed by atoms with Crippen LogP contribution in [0, 0.1) is 6.92 Å². The van der Waals surface area contributed by atoms with E-state index in [1.165, 1.54) is 23.3 Å². The summed E-state index contributed by atoms with van der Waals surface area (Å²) in [5.74, 6) is 0.0526. The lowest BCUT2D eigenvalue weighted by Gasteiger charge is -2.31. The highest BCUT2D eigenvalue weighted by Gasteiger charge is 2.36. The first-order valence-corrected chi connectivity index (χ1v) is 12.2. The second-order valence-electron chi connectivity index (χ2n) is 8.40. The van der Waals surface area contributed by atoms with Crippen LogP contribution in [0.2, 0.25) is 0 Å². The SMILES string of the molecule is COC(=O)c1ccc(N(C(=O)Cc2cccs2)[C@H](C(=O)NC2CCCC2)c2ccc(C)o2)cc1. The predicted octanol–water partition coefficient (Wildman–Crippen LogP) is 4.81. The fourth-order valence-corrected chi connectivity index (χ4v) is 4.98. The van der Waals surface area contributed by atoms with E-state index in [2.05, 4.69) is 5.32 Å². The number of nitrogens with zero attached hydrogens (tertiary/aromatic N) is 1. The van der Waals surface area contributed by atoms with Gasteiger partial charge in [-0.3, -0.25) is 14.5 Å². The van der Waals surface area contributed by atoms with E-state index in [4.69, 9.17) is 9.15 Å². The number of amides is 2. The van der Waals surface area contributed by atoms with Gasteiger partial charge >= 0.3 is 5.97 Å². The van der Waals surface area contributed by atoms with Crippen molar-refractivity contribution in [2.45, 2.75) is 51.1 Å². The van der Waals surface area contributed by atoms with Crippen LogP contribution in [-0.2, 0) is 20.7 Å². The molecule has 3 aromatic rings. The number of furan rings is 1. The Bertz CT molecular complexity index is 1130. The first-order valence-electron chi connectivity index (χ1n) is 11.4. The number of anilines is 1. The van der Waals surface area contributed by atoms with Gasteiger partial charge in [0.25, 0.3) is 5.91 Å². The number of aryl methyl sites for hydroxylation is 1. The third-order valence-corrected chi connectivity index (χ3v) is 6.86. The van der Waals surface area contributed by atoms with E-state index in [0.29, 0.717) is 22.8 Å². The number of esters is 1. The summed E-state index contributed by atoms with van der Waals surface area (Å²) in [4.78, 5) is 41.6. The molecule has 1 aliphatic rings. The Morgan fingerprint density at radius 1 is 1.12 bits per heavy atom. The quantitative estimate of drug-likeness (QED) is 0.467. The van der Waals surface area contributed by atoms with Crippen molar-refractivity contribution < 1.29 is 23.5 Å². The molecule has 178 valence electrons. The smallest absolute Gasteiger partial charge is 0.337 e. The maximum atomic E-state index is 13.7. The van der Waals surface area contributed by atoms with E-state index in [0.717, 1.165) is 30.6 Å². The Morgan fingerprint density at radius 3 is 2.44 bits per heavy atom. The summed E-state index contributed by atoms with van der Waals surface area (Å²) in [7, 11) is 1.32. The van der Waals surface area contributed by atoms with Crippen molar-refractivity contribution in [3.8, 4) is 0 Å². The number of hydrogen-bond donors (Lipinski definition) is 1. The largest absolute Gasteiger partial charge is 0.465 e. The first kappa shape index (κ1) is 23.8. The third-order valence-electron chi connectivity index (χ3n) is 5.98. The minimum absolute atomic E-state index is 0.0852. The van der Waals surface area contributed by atoms with Crippen molar-refractivity contribution in [2.24, 2.45) is 0 Å². The number of methoxy groups -OCH3 is 1. The zero-order valence-corrected chi connectivity index (χ0v) is 20.1. The Morgan fingerprint density at radius 2 is 1.85 bits per heavy atom. The number of rotatable bonds is 8. The average Bonchev–Trinajstić information content (AvgIpc) is 3.61. The lowest BCUT2D eigenvalue weighted by molar-refractivity contribution is -0.127. The van der Waals surface area contributed by atoms with Crippen LogP contribution in [0.15, 0.2) is 58.3 Å². The van der Waals surface area contributed by atoms with Crippen LogP contribution in [0.25, 0.3) is 0 Å². The van der Waals surface area contributed by atoms with Crippen molar-refractivity contribution in [3.63, 3.8) is 0 Å². The molecule has 2 aromatic heterocycles. The molecule has 2 amide bonds. The number of benzene rings is 1. The summed E-state index contributed by atoms with van der Waals surface area (Å²) in [5.41, 5.74) is 0.854. The Balaban J connectivity index is 1.74. The van der Waals surface area contributed by atoms with Gasteiger partial charge < -0.3 is 14.5 Å². The number of nitrogens with one attached hydrogen (secondary N) is 1. The summed E-state index contributed by atoms with van der Waals surface area (Å²) in [6.45, 7) is 1.80. The summed E-state index contributed by atoms with van der Waals surface area (Å²) in [6.07, 6.45) is 4.14. The van der Waals surface area contributed by atoms with Gasteiger partial charge in [-0.1, -0.05) is 18.9 Å². The number of carbonyl (C=O) groups is 3. The molecule has 0 saturated heterocycles. The average molecular weight is 481 g/mol. The molecule has 1 aromatic carbocycles. The molecule has 0 radical (unpaired) electrons. The minimum Gasteiger partial charge on any atom is -0.465 e. The van der Waals surface area contributed by atoms with Gasteiger partial charge in [0.15, 0.2) is 6.04 Å². The molecule has 8 heteroatoms. The van der Waals surface area contributed by atoms with Crippen molar-refractivity contribution >= 4 is 34.8 Å². The maximum Gasteiger partial charge on any atom is 0.337 e. The van der Waals surface area contributed by atoms with Gasteiger partial charge in [0.1, 0.15) is 11.5 Å². The van der Waals surface area contributed by atoms with Gasteiger partial charge in [-0.25, -0.2) is 4.79 Å². The first-order chi connectivity index (χ1) is 16.5. The molecule has 7 nitrogen and oxygen atoms in total. The normalized spacial score (nSPS) is 14.5. The monoisotopic (exact) mass is 480 g/mol. The zero-order chi connectivity index (χ0) is 24.1. The summed E-state index contributed by atoms with van der Waals surface area (Å²) < 4.78 is 10.7. The van der Waals surface area contributed by atoms with Crippen LogP contribution < -0.4 is 10.2 Å². The minimum atomic E-state index is -0.981. The van der Waals surface area contributed by atoms with Gasteiger partial charge in [-0.2, -0.15) is 0 Å². The van der Waals surface area contributed by atoms with E-state index in [-0.39, 0.29) is 24.3 Å². The zero-order valence-electron chi connectivity index (χ0n) is 19.3. The van der Waals surface area contributed by atoms with Crippen molar-refractivity contribution in [1.82, 2.24) is 5.32 Å². The Labute approximate surface area is 202 Å². The molecule has 4 rings (SSSR count). The second kappa shape index (κ2) is 10.7. The maximum absolute atomic E-state index is 13.7. The molecule has 0 spiro atoms. The molecule has 1 saturated carbocycles. The van der Waals surface area contributed by atoms with Crippen LogP contribution in [-0.4, -0.2) is 30.9 Å². The van der Waals surface area contributed by atoms with E-state index >= 15 is 0 Å². The number of thiophene rings is 1. The Kier molecular flexibility index (Phi) is 7.47. The molecular weight excluding hydrogens is 452 g/mol. The molecular formula is C26H28N2O5S. The van der Waals surface area contributed by atoms with Gasteiger partial charge in [-0.05, 0) is 67.6 Å². The highest BCUT2D eigenvalue weighted by atomic mass is 32.1. The lowest BCUT2D eigenvalue weighted by atomic mass is 10.1. The molecule has 0 unspecified atom stereocenters. The number of ether oxygens (including phenoxy) is 1. The fourth-order valence-electron chi connectivity index (χ4n) is 4.28. The van der Waals surface area contributed by atoms with E-state index in [1.54, 1.807) is 43.3 Å². The van der Waals surface area contributed by atoms with Gasteiger partial charge in [0, 0.05) is 16.6 Å². The molecule has 0 aliphatic heterocycles. The van der Waals surface area contributed by atoms with Crippen molar-refractivity contribution in [1.29, 1.82) is 0 Å². The lowest BCUT2D eigenvalue weighted by Crippen LogP contribution is -2.46. The standard InChI is InChI=1S/C26H28N2O5S/c1-17-9-14-22(33-17)24(25(30)27-19-6-3-4-7-19)28(23(29)16-21-8-5-15-34-21)20-12-10-18(11-13-20)26(31)32-2/h5,8-15,19,24H,3-4,6-7,16H2,1-2H3,(H,27,30)/t24-/m0/s1. The molecule has 1 fully saturated rings. The van der Waals surface area contributed by atoms with E-state index < -0.39 is 12.0 Å². The topological polar surface area (TPSA) is 88.8 Å². The summed E-state index contributed by atoms with van der Waals surface area (Å²) in [6, 6.07) is 12.9. The fraction of sp³-hybridized carbons (Fsp3) is 0.346. The van der Waals surface area contributed by atoms with Crippen LogP contribution in [0.5, 0.6) is 0 Å². The van der Waals surface area contributed by atoms with Crippen molar-refractivity contribution in [3.05, 3.63) is 75.9 Å². The number of hydrogen-bond acceptors (Lipinski definition) is 6. The summed E-state index contributed by atoms with van der Waals surface area (Å²) in [5, 5.41) is 5.04. The van der Waals surface area contributed by atoms with E-state index in [9.17, 15) is 14.4 Å². The molecule has 1 N–H and O–H groups in total. The second-order valence-corrected chi connectivity index (χ2v) is 9.43. The van der Waals surface area contributed by atoms with Gasteiger partial charge in [-0.15, -0.1) is 11.3 Å². The molecule has 1 aliphatic carbocycles. The Hall–Kier alpha value is -3.39. The summed E-state index contributed by atoms with van der Waals surface area (Å²) >= 11 is 1.49. The van der Waals surface area contributed by atoms with Crippen LogP contribution in [0.1, 0.15) is 58.5 Å². The predicted molar refractivity (Wildman–Crippen MR) is 130 cm³/mol. The highest BCUT2D eigenvalue weighted by Crippen LogP contribution is 2.31. The molecule has 34 heavy (non-hydrogen) atoms. The van der Waals surface area contributed by atoms with Gasteiger partial charge in [0.2, 0.25) is 5.91 Å². The van der Waals surface area contributed by atoms with Crippen LogP contribution in [0.3, 0.4) is 0 Å². The highest BCUT2D eigenvalue weighted by molar-refractivity contribution is 7.10. The third kappa shape index (κ3) is 5.39. The molecule has 2 heterocycles. The van der Waals surface area contributed by atoms with Crippen LogP contribution in [0.4, 0.5) is 5.69 Å². The van der Waals surface area contributed by atoms with Crippen LogP contribution >= 0.6 is 11.3 Å². The van der Waals surface area contributed by atoms with Crippen molar-refractivity contribution in [2.75, 3.05) is 12.0 Å². The molecule has 0 bridgehead atoms. The van der Waals surface area contributed by atoms with Gasteiger partial charge in [0.05, 0.1) is 19.1 Å². The molecule has 1 atom stereocenters. The number of carbonyl (C=O) groups excluding carboxylic acids is 3. The van der Waals surface area contributed by atoms with E-state index in [1.807, 2.05) is 17.5 Å².